The topological polar surface area (TPSA) is 103 Å². The van der Waals surface area contributed by atoms with Crippen LogP contribution in [0.4, 0.5) is 17.3 Å². The van der Waals surface area contributed by atoms with Gasteiger partial charge in [0.25, 0.3) is 0 Å². The maximum Gasteiger partial charge on any atom is 0.163 e. The van der Waals surface area contributed by atoms with Gasteiger partial charge in [-0.2, -0.15) is 12.6 Å². The summed E-state index contributed by atoms with van der Waals surface area (Å²) in [5.41, 5.74) is 15.3. The number of pyridine rings is 1. The number of morpholine rings is 1. The van der Waals surface area contributed by atoms with E-state index < -0.39 is 0 Å². The second-order valence-corrected chi connectivity index (χ2v) is 7.94. The van der Waals surface area contributed by atoms with Crippen LogP contribution in [0.15, 0.2) is 48.7 Å². The molecule has 0 saturated carbocycles. The van der Waals surface area contributed by atoms with Gasteiger partial charge in [-0.1, -0.05) is 12.1 Å². The smallest absolute Gasteiger partial charge is 0.163 e. The molecule has 3 aromatic heterocycles. The summed E-state index contributed by atoms with van der Waals surface area (Å²) in [6.07, 6.45) is 3.41. The number of rotatable bonds is 3. The average Bonchev–Trinajstić information content (AvgIpc) is 3.25. The molecule has 0 aliphatic carbocycles. The Morgan fingerprint density at radius 1 is 1.00 bits per heavy atom. The molecule has 0 unspecified atom stereocenters. The maximum absolute atomic E-state index is 5.99. The van der Waals surface area contributed by atoms with Gasteiger partial charge >= 0.3 is 0 Å². The van der Waals surface area contributed by atoms with Crippen molar-refractivity contribution in [1.82, 2.24) is 15.0 Å². The summed E-state index contributed by atoms with van der Waals surface area (Å²) in [5, 5.41) is 0. The Bertz CT molecular complexity index is 1170. The molecule has 0 amide bonds. The Hall–Kier alpha value is -2.88. The van der Waals surface area contributed by atoms with E-state index in [0.29, 0.717) is 24.9 Å². The van der Waals surface area contributed by atoms with Crippen molar-refractivity contribution in [3.8, 4) is 21.8 Å². The van der Waals surface area contributed by atoms with Gasteiger partial charge in [0.2, 0.25) is 0 Å². The van der Waals surface area contributed by atoms with Crippen LogP contribution in [-0.2, 0) is 4.74 Å². The molecule has 1 aromatic carbocycles. The number of anilines is 3. The van der Waals surface area contributed by atoms with Crippen LogP contribution in [-0.4, -0.2) is 47.5 Å². The van der Waals surface area contributed by atoms with Crippen molar-refractivity contribution in [2.24, 2.45) is 0 Å². The number of nitrogens with zero attached hydrogens (tertiary/aromatic N) is 4. The molecular formula is C22H24N6OS2. The van der Waals surface area contributed by atoms with Gasteiger partial charge in [-0.25, -0.2) is 15.0 Å². The lowest BCUT2D eigenvalue weighted by Crippen LogP contribution is -2.36. The number of nitrogens with two attached hydrogens (primary N) is 2. The normalized spacial score (nSPS) is 13.7. The van der Waals surface area contributed by atoms with Crippen molar-refractivity contribution in [1.29, 1.82) is 0 Å². The number of thiol groups is 1. The lowest BCUT2D eigenvalue weighted by molar-refractivity contribution is 0.122. The van der Waals surface area contributed by atoms with Gasteiger partial charge in [0.1, 0.15) is 5.82 Å². The molecule has 1 aliphatic rings. The molecule has 0 radical (unpaired) electrons. The lowest BCUT2D eigenvalue weighted by Gasteiger charge is -2.28. The van der Waals surface area contributed by atoms with Crippen molar-refractivity contribution in [2.45, 2.75) is 0 Å². The van der Waals surface area contributed by atoms with Crippen LogP contribution in [0, 0.1) is 0 Å². The summed E-state index contributed by atoms with van der Waals surface area (Å²) in [4.78, 5) is 17.3. The van der Waals surface area contributed by atoms with E-state index in [-0.39, 0.29) is 0 Å². The zero-order valence-corrected chi connectivity index (χ0v) is 18.9. The molecule has 9 heteroatoms. The number of aromatic nitrogens is 3. The fourth-order valence-electron chi connectivity index (χ4n) is 3.41. The summed E-state index contributed by atoms with van der Waals surface area (Å²) in [6, 6.07) is 13.7. The zero-order chi connectivity index (χ0) is 21.8. The van der Waals surface area contributed by atoms with E-state index in [9.17, 15) is 0 Å². The first-order chi connectivity index (χ1) is 15.2. The van der Waals surface area contributed by atoms with Crippen LogP contribution in [0.3, 0.4) is 0 Å². The van der Waals surface area contributed by atoms with Crippen LogP contribution >= 0.6 is 24.0 Å². The highest BCUT2D eigenvalue weighted by Crippen LogP contribution is 2.39. The van der Waals surface area contributed by atoms with Crippen molar-refractivity contribution >= 4 is 51.5 Å². The number of ether oxygens (including phenoxy) is 1. The first-order valence-electron chi connectivity index (χ1n) is 9.84. The molecule has 4 N–H and O–H groups in total. The number of fused-ring (bicyclic) bond motifs is 1. The number of nitrogen functional groups attached to an aromatic ring is 2. The Kier molecular flexibility index (Phi) is 6.55. The van der Waals surface area contributed by atoms with E-state index in [0.717, 1.165) is 50.8 Å². The van der Waals surface area contributed by atoms with Gasteiger partial charge < -0.3 is 21.1 Å². The van der Waals surface area contributed by atoms with E-state index in [4.69, 9.17) is 26.2 Å². The molecule has 4 aromatic rings. The Morgan fingerprint density at radius 3 is 2.52 bits per heavy atom. The third-order valence-electron chi connectivity index (χ3n) is 4.88. The van der Waals surface area contributed by atoms with E-state index in [1.165, 1.54) is 0 Å². The fourth-order valence-corrected chi connectivity index (χ4v) is 4.52. The highest BCUT2D eigenvalue weighted by Gasteiger charge is 2.20. The summed E-state index contributed by atoms with van der Waals surface area (Å²) >= 11 is 5.21. The van der Waals surface area contributed by atoms with Crippen LogP contribution in [0.5, 0.6) is 0 Å². The summed E-state index contributed by atoms with van der Waals surface area (Å²) in [6.45, 7) is 2.99. The Balaban J connectivity index is 0.00000112. The monoisotopic (exact) mass is 452 g/mol. The average molecular weight is 453 g/mol. The van der Waals surface area contributed by atoms with Crippen LogP contribution in [0.25, 0.3) is 32.0 Å². The molecule has 0 bridgehead atoms. The zero-order valence-electron chi connectivity index (χ0n) is 17.2. The summed E-state index contributed by atoms with van der Waals surface area (Å²) in [5.74, 6) is 2.05. The van der Waals surface area contributed by atoms with E-state index in [1.807, 2.05) is 24.3 Å². The van der Waals surface area contributed by atoms with Crippen molar-refractivity contribution in [3.05, 3.63) is 48.7 Å². The molecule has 5 rings (SSSR count). The highest BCUT2D eigenvalue weighted by atomic mass is 32.1. The molecule has 7 nitrogen and oxygen atoms in total. The third-order valence-corrected chi connectivity index (χ3v) is 6.05. The first-order valence-corrected chi connectivity index (χ1v) is 11.6. The number of hydrogen-bond donors (Lipinski definition) is 3. The molecular weight excluding hydrogens is 428 g/mol. The highest BCUT2D eigenvalue weighted by molar-refractivity contribution is 7.79. The number of benzene rings is 1. The SMILES string of the molecule is CS.Nc1cccc(-c2cc3nc(-c4ccc(N)nc4)nc(N4CCOCC4)c3s2)c1. The Morgan fingerprint density at radius 2 is 1.81 bits per heavy atom. The third kappa shape index (κ3) is 4.58. The molecule has 31 heavy (non-hydrogen) atoms. The fraction of sp³-hybridized carbons (Fsp3) is 0.227. The molecule has 4 heterocycles. The van der Waals surface area contributed by atoms with Crippen LogP contribution in [0.2, 0.25) is 0 Å². The largest absolute Gasteiger partial charge is 0.399 e. The van der Waals surface area contributed by atoms with E-state index in [1.54, 1.807) is 29.9 Å². The van der Waals surface area contributed by atoms with Gasteiger partial charge in [0.05, 0.1) is 23.4 Å². The van der Waals surface area contributed by atoms with Crippen LogP contribution < -0.4 is 16.4 Å². The second kappa shape index (κ2) is 9.51. The van der Waals surface area contributed by atoms with E-state index in [2.05, 4.69) is 34.6 Å². The first kappa shape index (κ1) is 21.4. The molecule has 1 saturated heterocycles. The molecule has 160 valence electrons. The van der Waals surface area contributed by atoms with Gasteiger partial charge in [-0.3, -0.25) is 0 Å². The van der Waals surface area contributed by atoms with Crippen LogP contribution in [0.1, 0.15) is 0 Å². The van der Waals surface area contributed by atoms with E-state index >= 15 is 0 Å². The standard InChI is InChI=1S/C21H20N6OS.CH4S/c22-15-3-1-2-13(10-15)17-11-16-19(29-17)21(27-6-8-28-9-7-27)26-20(25-16)14-4-5-18(23)24-12-14;1-2/h1-5,10-12H,6-9,22H2,(H2,23,24);2H,1H3. The van der Waals surface area contributed by atoms with Gasteiger partial charge in [-0.05, 0) is 42.2 Å². The number of hydrogen-bond acceptors (Lipinski definition) is 9. The van der Waals surface area contributed by atoms with Gasteiger partial charge in [-0.15, -0.1) is 11.3 Å². The minimum atomic E-state index is 0.475. The summed E-state index contributed by atoms with van der Waals surface area (Å²) in [7, 11) is 0. The minimum Gasteiger partial charge on any atom is -0.399 e. The predicted molar refractivity (Wildman–Crippen MR) is 133 cm³/mol. The summed E-state index contributed by atoms with van der Waals surface area (Å²) < 4.78 is 6.60. The van der Waals surface area contributed by atoms with Gasteiger partial charge in [0.15, 0.2) is 11.6 Å². The van der Waals surface area contributed by atoms with Crippen molar-refractivity contribution in [3.63, 3.8) is 0 Å². The number of thiophene rings is 1. The predicted octanol–water partition coefficient (Wildman–Crippen LogP) is 3.97. The molecule has 0 spiro atoms. The molecule has 1 fully saturated rings. The second-order valence-electron chi connectivity index (χ2n) is 6.89. The van der Waals surface area contributed by atoms with Crippen molar-refractivity contribution in [2.75, 3.05) is 48.9 Å². The molecule has 1 aliphatic heterocycles. The lowest BCUT2D eigenvalue weighted by atomic mass is 10.1. The van der Waals surface area contributed by atoms with Gasteiger partial charge in [0, 0.05) is 35.4 Å². The quantitative estimate of drug-likeness (QED) is 0.319. The Labute approximate surface area is 190 Å². The van der Waals surface area contributed by atoms with Crippen molar-refractivity contribution < 1.29 is 4.74 Å². The maximum atomic E-state index is 5.99. The minimum absolute atomic E-state index is 0.475. The molecule has 0 atom stereocenters.